The van der Waals surface area contributed by atoms with Gasteiger partial charge in [-0.2, -0.15) is 11.3 Å². The van der Waals surface area contributed by atoms with E-state index >= 15 is 0 Å². The van der Waals surface area contributed by atoms with Crippen molar-refractivity contribution in [2.75, 3.05) is 0 Å². The average Bonchev–Trinajstić information content (AvgIpc) is 2.87. The lowest BCUT2D eigenvalue weighted by Gasteiger charge is -2.11. The maximum absolute atomic E-state index is 4.54. The number of thiazole rings is 1. The van der Waals surface area contributed by atoms with E-state index in [0.717, 1.165) is 18.7 Å². The van der Waals surface area contributed by atoms with Crippen LogP contribution < -0.4 is 5.32 Å². The first-order valence-electron chi connectivity index (χ1n) is 5.82. The molecule has 0 spiro atoms. The Bertz CT molecular complexity index is 440. The molecule has 2 aromatic rings. The first-order valence-corrected chi connectivity index (χ1v) is 7.58. The Morgan fingerprint density at radius 2 is 2.24 bits per heavy atom. The van der Waals surface area contributed by atoms with Crippen molar-refractivity contribution in [3.63, 3.8) is 0 Å². The predicted octanol–water partition coefficient (Wildman–Crippen LogP) is 3.54. The Morgan fingerprint density at radius 3 is 2.82 bits per heavy atom. The number of aryl methyl sites for hydroxylation is 2. The maximum Gasteiger partial charge on any atom is 0.107 e. The van der Waals surface area contributed by atoms with Crippen LogP contribution in [0.2, 0.25) is 0 Å². The van der Waals surface area contributed by atoms with Gasteiger partial charge in [0.05, 0.1) is 5.69 Å². The molecule has 0 aliphatic carbocycles. The highest BCUT2D eigenvalue weighted by Gasteiger charge is 2.07. The fourth-order valence-corrected chi connectivity index (χ4v) is 3.28. The van der Waals surface area contributed by atoms with Crippen molar-refractivity contribution in [2.24, 2.45) is 0 Å². The highest BCUT2D eigenvalue weighted by molar-refractivity contribution is 7.11. The molecular weight excluding hydrogens is 248 g/mol. The number of nitrogens with zero attached hydrogens (tertiary/aromatic N) is 1. The summed E-state index contributed by atoms with van der Waals surface area (Å²) in [4.78, 5) is 5.86. The van der Waals surface area contributed by atoms with Gasteiger partial charge in [0, 0.05) is 17.5 Å². The van der Waals surface area contributed by atoms with Crippen LogP contribution in [0.25, 0.3) is 0 Å². The Labute approximate surface area is 111 Å². The molecule has 1 N–H and O–H groups in total. The van der Waals surface area contributed by atoms with E-state index in [-0.39, 0.29) is 0 Å². The van der Waals surface area contributed by atoms with Crippen molar-refractivity contribution in [2.45, 2.75) is 39.8 Å². The zero-order valence-electron chi connectivity index (χ0n) is 10.5. The third kappa shape index (κ3) is 3.63. The third-order valence-electron chi connectivity index (χ3n) is 2.80. The lowest BCUT2D eigenvalue weighted by atomic mass is 10.1. The molecule has 0 amide bonds. The van der Waals surface area contributed by atoms with E-state index in [0.29, 0.717) is 6.04 Å². The second-order valence-electron chi connectivity index (χ2n) is 4.37. The van der Waals surface area contributed by atoms with Gasteiger partial charge in [-0.25, -0.2) is 4.98 Å². The molecule has 0 radical (unpaired) electrons. The number of nitrogens with one attached hydrogen (secondary N) is 1. The molecule has 0 bridgehead atoms. The summed E-state index contributed by atoms with van der Waals surface area (Å²) in [5, 5.41) is 9.07. The van der Waals surface area contributed by atoms with E-state index in [2.05, 4.69) is 47.9 Å². The van der Waals surface area contributed by atoms with Gasteiger partial charge in [0.2, 0.25) is 0 Å². The molecule has 2 rings (SSSR count). The van der Waals surface area contributed by atoms with Gasteiger partial charge in [-0.3, -0.25) is 0 Å². The number of hydrogen-bond donors (Lipinski definition) is 1. The average molecular weight is 266 g/mol. The molecule has 1 atom stereocenters. The molecule has 0 aliphatic rings. The van der Waals surface area contributed by atoms with Crippen molar-refractivity contribution in [1.82, 2.24) is 10.3 Å². The van der Waals surface area contributed by atoms with E-state index < -0.39 is 0 Å². The maximum atomic E-state index is 4.54. The van der Waals surface area contributed by atoms with Crippen LogP contribution in [0.15, 0.2) is 16.8 Å². The van der Waals surface area contributed by atoms with E-state index in [1.807, 2.05) is 0 Å². The highest BCUT2D eigenvalue weighted by Crippen LogP contribution is 2.16. The second-order valence-corrected chi connectivity index (χ2v) is 6.43. The summed E-state index contributed by atoms with van der Waals surface area (Å²) < 4.78 is 0. The molecule has 0 saturated carbocycles. The van der Waals surface area contributed by atoms with Crippen molar-refractivity contribution in [3.05, 3.63) is 38.0 Å². The Hall–Kier alpha value is -0.710. The zero-order valence-corrected chi connectivity index (χ0v) is 12.1. The Balaban J connectivity index is 1.81. The molecule has 92 valence electrons. The third-order valence-corrected chi connectivity index (χ3v) is 4.60. The van der Waals surface area contributed by atoms with Crippen LogP contribution in [0.3, 0.4) is 0 Å². The minimum atomic E-state index is 0.495. The van der Waals surface area contributed by atoms with Crippen molar-refractivity contribution >= 4 is 22.7 Å². The Kier molecular flexibility index (Phi) is 4.31. The van der Waals surface area contributed by atoms with Crippen LogP contribution in [-0.2, 0) is 13.0 Å². The summed E-state index contributed by atoms with van der Waals surface area (Å²) in [7, 11) is 0. The first kappa shape index (κ1) is 12.7. The fraction of sp³-hybridized carbons (Fsp3) is 0.462. The fourth-order valence-electron chi connectivity index (χ4n) is 1.71. The van der Waals surface area contributed by atoms with Gasteiger partial charge >= 0.3 is 0 Å². The van der Waals surface area contributed by atoms with E-state index in [1.165, 1.54) is 15.4 Å². The van der Waals surface area contributed by atoms with Gasteiger partial charge in [-0.1, -0.05) is 0 Å². The van der Waals surface area contributed by atoms with Crippen LogP contribution in [0.4, 0.5) is 0 Å². The normalized spacial score (nSPS) is 12.9. The number of rotatable bonds is 5. The number of aromatic nitrogens is 1. The quantitative estimate of drug-likeness (QED) is 0.895. The van der Waals surface area contributed by atoms with Crippen LogP contribution >= 0.6 is 22.7 Å². The van der Waals surface area contributed by atoms with Crippen molar-refractivity contribution < 1.29 is 0 Å². The smallest absolute Gasteiger partial charge is 0.107 e. The molecule has 0 aliphatic heterocycles. The molecule has 0 aromatic carbocycles. The van der Waals surface area contributed by atoms with Gasteiger partial charge in [0.1, 0.15) is 5.01 Å². The molecule has 17 heavy (non-hydrogen) atoms. The van der Waals surface area contributed by atoms with E-state index in [9.17, 15) is 0 Å². The lowest BCUT2D eigenvalue weighted by Crippen LogP contribution is -2.27. The Morgan fingerprint density at radius 1 is 1.41 bits per heavy atom. The molecule has 0 fully saturated rings. The van der Waals surface area contributed by atoms with Crippen LogP contribution in [0, 0.1) is 13.8 Å². The van der Waals surface area contributed by atoms with E-state index in [1.54, 1.807) is 22.7 Å². The molecular formula is C13H18N2S2. The minimum Gasteiger partial charge on any atom is -0.308 e. The molecule has 4 heteroatoms. The molecule has 2 heterocycles. The monoisotopic (exact) mass is 266 g/mol. The SMILES string of the molecule is Cc1nc(CNC(C)Cc2ccsc2)sc1C. The van der Waals surface area contributed by atoms with Gasteiger partial charge < -0.3 is 5.32 Å². The highest BCUT2D eigenvalue weighted by atomic mass is 32.1. The second kappa shape index (κ2) is 5.76. The van der Waals surface area contributed by atoms with Gasteiger partial charge in [0.25, 0.3) is 0 Å². The van der Waals surface area contributed by atoms with Crippen LogP contribution in [0.1, 0.15) is 28.1 Å². The van der Waals surface area contributed by atoms with Gasteiger partial charge in [0.15, 0.2) is 0 Å². The lowest BCUT2D eigenvalue weighted by molar-refractivity contribution is 0.544. The molecule has 2 nitrogen and oxygen atoms in total. The van der Waals surface area contributed by atoms with Gasteiger partial charge in [-0.15, -0.1) is 11.3 Å². The van der Waals surface area contributed by atoms with E-state index in [4.69, 9.17) is 0 Å². The standard InChI is InChI=1S/C13H18N2S2/c1-9(6-12-4-5-16-8-12)14-7-13-15-10(2)11(3)17-13/h4-5,8-9,14H,6-7H2,1-3H3. The number of thiophene rings is 1. The topological polar surface area (TPSA) is 24.9 Å². The number of hydrogen-bond acceptors (Lipinski definition) is 4. The van der Waals surface area contributed by atoms with Gasteiger partial charge in [-0.05, 0) is 49.6 Å². The summed E-state index contributed by atoms with van der Waals surface area (Å²) >= 11 is 3.56. The largest absolute Gasteiger partial charge is 0.308 e. The summed E-state index contributed by atoms with van der Waals surface area (Å²) in [6, 6.07) is 2.69. The molecule has 1 unspecified atom stereocenters. The van der Waals surface area contributed by atoms with Crippen molar-refractivity contribution in [1.29, 1.82) is 0 Å². The predicted molar refractivity (Wildman–Crippen MR) is 75.9 cm³/mol. The first-order chi connectivity index (χ1) is 8.15. The van der Waals surface area contributed by atoms with Crippen LogP contribution in [-0.4, -0.2) is 11.0 Å². The van der Waals surface area contributed by atoms with Crippen molar-refractivity contribution in [3.8, 4) is 0 Å². The zero-order chi connectivity index (χ0) is 12.3. The molecule has 2 aromatic heterocycles. The summed E-state index contributed by atoms with van der Waals surface area (Å²) in [5.74, 6) is 0. The summed E-state index contributed by atoms with van der Waals surface area (Å²) in [5.41, 5.74) is 2.58. The van der Waals surface area contributed by atoms with Crippen LogP contribution in [0.5, 0.6) is 0 Å². The molecule has 0 saturated heterocycles. The summed E-state index contributed by atoms with van der Waals surface area (Å²) in [6.45, 7) is 7.31. The summed E-state index contributed by atoms with van der Waals surface area (Å²) in [6.07, 6.45) is 1.09. The minimum absolute atomic E-state index is 0.495.